The number of carbonyl (C=O) groups is 1. The summed E-state index contributed by atoms with van der Waals surface area (Å²) in [6.45, 7) is 13.2. The maximum Gasteiger partial charge on any atom is 0.309 e. The summed E-state index contributed by atoms with van der Waals surface area (Å²) in [5.74, 6) is -0.127. The molecule has 128 valence electrons. The highest BCUT2D eigenvalue weighted by atomic mass is 28.4. The normalized spacial score (nSPS) is 23.7. The third kappa shape index (κ3) is 4.45. The molecule has 0 bridgehead atoms. The minimum atomic E-state index is -1.84. The molecule has 1 fully saturated rings. The van der Waals surface area contributed by atoms with Crippen LogP contribution in [0.4, 0.5) is 0 Å². The molecule has 0 unspecified atom stereocenters. The summed E-state index contributed by atoms with van der Waals surface area (Å²) in [7, 11) is -1.84. The van der Waals surface area contributed by atoms with E-state index < -0.39 is 8.32 Å². The highest BCUT2D eigenvalue weighted by Gasteiger charge is 2.43. The van der Waals surface area contributed by atoms with Gasteiger partial charge < -0.3 is 9.16 Å². The summed E-state index contributed by atoms with van der Waals surface area (Å²) in [6, 6.07) is 10.1. The van der Waals surface area contributed by atoms with Crippen LogP contribution in [0.25, 0.3) is 0 Å². The number of esters is 1. The molecule has 0 aromatic heterocycles. The molecule has 1 heterocycles. The van der Waals surface area contributed by atoms with Crippen LogP contribution >= 0.6 is 0 Å². The van der Waals surface area contributed by atoms with Crippen LogP contribution in [0, 0.1) is 5.92 Å². The second-order valence-corrected chi connectivity index (χ2v) is 12.9. The van der Waals surface area contributed by atoms with Crippen LogP contribution in [-0.4, -0.2) is 26.5 Å². The van der Waals surface area contributed by atoms with E-state index in [-0.39, 0.29) is 29.1 Å². The van der Waals surface area contributed by atoms with Crippen molar-refractivity contribution in [1.82, 2.24) is 0 Å². The lowest BCUT2D eigenvalue weighted by atomic mass is 9.95. The first-order valence-electron chi connectivity index (χ1n) is 8.52. The van der Waals surface area contributed by atoms with Crippen LogP contribution < -0.4 is 0 Å². The van der Waals surface area contributed by atoms with Gasteiger partial charge in [0.2, 0.25) is 0 Å². The molecule has 0 saturated carbocycles. The molecule has 1 aromatic rings. The quantitative estimate of drug-likeness (QED) is 0.584. The van der Waals surface area contributed by atoms with Crippen molar-refractivity contribution in [2.24, 2.45) is 5.92 Å². The standard InChI is InChI=1S/C19H30O3Si/c1-14(22-23(5,6)19(2,3)4)17-13-16(18(20)21-17)12-15-10-8-7-9-11-15/h7-11,14,16-17H,12-13H2,1-6H3/t14-,16+,17-/m0/s1. The minimum absolute atomic E-state index is 0.0411. The molecule has 0 amide bonds. The van der Waals surface area contributed by atoms with Crippen molar-refractivity contribution >= 4 is 14.3 Å². The third-order valence-corrected chi connectivity index (χ3v) is 9.83. The lowest BCUT2D eigenvalue weighted by Crippen LogP contribution is -2.46. The van der Waals surface area contributed by atoms with Crippen LogP contribution in [0.2, 0.25) is 18.1 Å². The van der Waals surface area contributed by atoms with Crippen LogP contribution in [0.5, 0.6) is 0 Å². The first-order chi connectivity index (χ1) is 10.6. The molecule has 1 saturated heterocycles. The van der Waals surface area contributed by atoms with E-state index in [0.29, 0.717) is 0 Å². The van der Waals surface area contributed by atoms with E-state index >= 15 is 0 Å². The van der Waals surface area contributed by atoms with E-state index in [2.05, 4.69) is 46.0 Å². The van der Waals surface area contributed by atoms with Gasteiger partial charge >= 0.3 is 5.97 Å². The van der Waals surface area contributed by atoms with Crippen molar-refractivity contribution < 1.29 is 14.0 Å². The number of hydrogen-bond donors (Lipinski definition) is 0. The van der Waals surface area contributed by atoms with Crippen LogP contribution in [0.3, 0.4) is 0 Å². The molecule has 1 aliphatic heterocycles. The van der Waals surface area contributed by atoms with E-state index in [1.165, 1.54) is 5.56 Å². The molecule has 2 rings (SSSR count). The van der Waals surface area contributed by atoms with Gasteiger partial charge in [-0.1, -0.05) is 51.1 Å². The summed E-state index contributed by atoms with van der Waals surface area (Å²) in [5, 5.41) is 0.160. The topological polar surface area (TPSA) is 35.5 Å². The lowest BCUT2D eigenvalue weighted by molar-refractivity contribution is -0.147. The Labute approximate surface area is 141 Å². The summed E-state index contributed by atoms with van der Waals surface area (Å²) in [5.41, 5.74) is 1.19. The zero-order valence-electron chi connectivity index (χ0n) is 15.3. The maximum atomic E-state index is 12.2. The van der Waals surface area contributed by atoms with Gasteiger partial charge in [0.1, 0.15) is 6.10 Å². The van der Waals surface area contributed by atoms with E-state index in [1.807, 2.05) is 25.1 Å². The Bertz CT molecular complexity index is 533. The fourth-order valence-corrected chi connectivity index (χ4v) is 4.18. The first kappa shape index (κ1) is 18.2. The fraction of sp³-hybridized carbons (Fsp3) is 0.632. The molecule has 1 aromatic carbocycles. The van der Waals surface area contributed by atoms with Crippen LogP contribution in [-0.2, 0) is 20.4 Å². The predicted octanol–water partition coefficient (Wildman–Crippen LogP) is 4.57. The Morgan fingerprint density at radius 3 is 2.43 bits per heavy atom. The Kier molecular flexibility index (Phi) is 5.36. The van der Waals surface area contributed by atoms with E-state index in [1.54, 1.807) is 0 Å². The van der Waals surface area contributed by atoms with Crippen molar-refractivity contribution in [2.75, 3.05) is 0 Å². The summed E-state index contributed by atoms with van der Waals surface area (Å²) < 4.78 is 12.0. The summed E-state index contributed by atoms with van der Waals surface area (Å²) >= 11 is 0. The second kappa shape index (κ2) is 6.77. The minimum Gasteiger partial charge on any atom is -0.459 e. The highest BCUT2D eigenvalue weighted by Crippen LogP contribution is 2.39. The zero-order chi connectivity index (χ0) is 17.3. The van der Waals surface area contributed by atoms with Crippen molar-refractivity contribution in [3.05, 3.63) is 35.9 Å². The smallest absolute Gasteiger partial charge is 0.309 e. The molecule has 0 spiro atoms. The van der Waals surface area contributed by atoms with Gasteiger partial charge in [-0.25, -0.2) is 0 Å². The van der Waals surface area contributed by atoms with Crippen molar-refractivity contribution in [2.45, 2.75) is 70.9 Å². The van der Waals surface area contributed by atoms with Gasteiger partial charge in [-0.2, -0.15) is 0 Å². The predicted molar refractivity (Wildman–Crippen MR) is 95.9 cm³/mol. The molecule has 1 aliphatic rings. The maximum absolute atomic E-state index is 12.2. The average Bonchev–Trinajstić information content (AvgIpc) is 2.80. The molecule has 0 N–H and O–H groups in total. The molecular weight excluding hydrogens is 304 g/mol. The van der Waals surface area contributed by atoms with Gasteiger partial charge in [-0.3, -0.25) is 4.79 Å². The summed E-state index contributed by atoms with van der Waals surface area (Å²) in [6.07, 6.45) is 1.35. The highest BCUT2D eigenvalue weighted by molar-refractivity contribution is 6.74. The van der Waals surface area contributed by atoms with Crippen LogP contribution in [0.1, 0.15) is 39.7 Å². The molecule has 3 nitrogen and oxygen atoms in total. The average molecular weight is 335 g/mol. The SMILES string of the molecule is C[C@H](O[Si](C)(C)C(C)(C)C)[C@@H]1C[C@@H](Cc2ccccc2)C(=O)O1. The Morgan fingerprint density at radius 1 is 1.26 bits per heavy atom. The van der Waals surface area contributed by atoms with Gasteiger partial charge in [0.15, 0.2) is 8.32 Å². The second-order valence-electron chi connectivity index (χ2n) is 8.18. The number of cyclic esters (lactones) is 1. The number of benzene rings is 1. The number of hydrogen-bond acceptors (Lipinski definition) is 3. The number of carbonyl (C=O) groups excluding carboxylic acids is 1. The molecular formula is C19H30O3Si. The molecule has 0 radical (unpaired) electrons. The van der Waals surface area contributed by atoms with Crippen LogP contribution in [0.15, 0.2) is 30.3 Å². The molecule has 4 heteroatoms. The van der Waals surface area contributed by atoms with Gasteiger partial charge in [0.05, 0.1) is 12.0 Å². The molecule has 0 aliphatic carbocycles. The third-order valence-electron chi connectivity index (χ3n) is 5.25. The fourth-order valence-electron chi connectivity index (χ4n) is 2.74. The van der Waals surface area contributed by atoms with Gasteiger partial charge in [0, 0.05) is 6.42 Å². The van der Waals surface area contributed by atoms with E-state index in [9.17, 15) is 4.79 Å². The number of rotatable bonds is 5. The van der Waals surface area contributed by atoms with E-state index in [4.69, 9.17) is 9.16 Å². The Hall–Kier alpha value is -1.13. The summed E-state index contributed by atoms with van der Waals surface area (Å²) in [4.78, 5) is 12.2. The van der Waals surface area contributed by atoms with E-state index in [0.717, 1.165) is 12.8 Å². The zero-order valence-corrected chi connectivity index (χ0v) is 16.3. The van der Waals surface area contributed by atoms with Gasteiger partial charge in [-0.05, 0) is 37.0 Å². The molecule has 23 heavy (non-hydrogen) atoms. The monoisotopic (exact) mass is 334 g/mol. The van der Waals surface area contributed by atoms with Gasteiger partial charge in [-0.15, -0.1) is 0 Å². The van der Waals surface area contributed by atoms with Crippen molar-refractivity contribution in [3.8, 4) is 0 Å². The Balaban J connectivity index is 1.96. The lowest BCUT2D eigenvalue weighted by Gasteiger charge is -2.39. The first-order valence-corrected chi connectivity index (χ1v) is 11.4. The Morgan fingerprint density at radius 2 is 1.87 bits per heavy atom. The van der Waals surface area contributed by atoms with Gasteiger partial charge in [0.25, 0.3) is 0 Å². The largest absolute Gasteiger partial charge is 0.459 e. The van der Waals surface area contributed by atoms with Crippen molar-refractivity contribution in [3.63, 3.8) is 0 Å². The number of ether oxygens (including phenoxy) is 1. The van der Waals surface area contributed by atoms with Crippen molar-refractivity contribution in [1.29, 1.82) is 0 Å². The molecule has 3 atom stereocenters.